The Bertz CT molecular complexity index is 748. The van der Waals surface area contributed by atoms with Crippen LogP contribution >= 0.6 is 18.8 Å². The van der Waals surface area contributed by atoms with Gasteiger partial charge in [-0.25, -0.2) is 0 Å². The third-order valence-corrected chi connectivity index (χ3v) is 23.1. The first kappa shape index (κ1) is 32.6. The van der Waals surface area contributed by atoms with Crippen molar-refractivity contribution in [3.8, 4) is 0 Å². The van der Waals surface area contributed by atoms with Crippen molar-refractivity contribution in [1.29, 1.82) is 0 Å². The van der Waals surface area contributed by atoms with Crippen molar-refractivity contribution < 1.29 is 0 Å². The Hall–Kier alpha value is 0.197. The normalized spacial score (nSPS) is 26.7. The maximum atomic E-state index is 8.78. The van der Waals surface area contributed by atoms with E-state index in [4.69, 9.17) is 11.1 Å². The minimum Gasteiger partial charge on any atom is -0.364 e. The van der Waals surface area contributed by atoms with Crippen LogP contribution in [0, 0.1) is 0 Å². The van der Waals surface area contributed by atoms with Crippen LogP contribution in [0.4, 0.5) is 0 Å². The van der Waals surface area contributed by atoms with Crippen molar-refractivity contribution in [2.45, 2.75) is 205 Å². The van der Waals surface area contributed by atoms with Gasteiger partial charge in [-0.2, -0.15) is 0 Å². The molecule has 5 aliphatic rings. The third kappa shape index (κ3) is 7.05. The van der Waals surface area contributed by atoms with Gasteiger partial charge in [0.15, 0.2) is 0 Å². The molecule has 0 amide bonds. The molecule has 0 saturated heterocycles. The summed E-state index contributed by atoms with van der Waals surface area (Å²) in [6, 6.07) is 2.83. The Labute approximate surface area is 261 Å². The molecule has 1 heterocycles. The molecule has 41 heavy (non-hydrogen) atoms. The van der Waals surface area contributed by atoms with E-state index in [1.165, 1.54) is 128 Å². The fourth-order valence-electron chi connectivity index (χ4n) is 8.94. The van der Waals surface area contributed by atoms with E-state index >= 15 is 0 Å². The SMILES string of the molecule is CC(C)(C)N1C=CN(C(C)(C)C)[Si]1(Cl)P(N(C1CCCCC1)C1CCCCC1)N(C1CCCCC1)C1CCCCC1. The summed E-state index contributed by atoms with van der Waals surface area (Å²) < 4.78 is 12.0. The number of nitrogens with zero attached hydrogens (tertiary/aromatic N) is 4. The first-order valence-corrected chi connectivity index (χ1v) is 22.9. The number of rotatable bonds is 7. The van der Waals surface area contributed by atoms with Gasteiger partial charge in [-0.15, -0.1) is 11.1 Å². The van der Waals surface area contributed by atoms with Crippen LogP contribution in [0.1, 0.15) is 170 Å². The maximum Gasteiger partial charge on any atom is 0.423 e. The van der Waals surface area contributed by atoms with Crippen LogP contribution < -0.4 is 0 Å². The highest BCUT2D eigenvalue weighted by Gasteiger charge is 2.65. The van der Waals surface area contributed by atoms with Gasteiger partial charge in [0, 0.05) is 47.6 Å². The molecule has 0 N–H and O–H groups in total. The van der Waals surface area contributed by atoms with Gasteiger partial charge >= 0.3 is 7.37 Å². The summed E-state index contributed by atoms with van der Waals surface area (Å²) in [5.41, 5.74) is 0.00130. The van der Waals surface area contributed by atoms with Gasteiger partial charge < -0.3 is 9.13 Å². The first-order chi connectivity index (χ1) is 19.5. The highest BCUT2D eigenvalue weighted by Crippen LogP contribution is 2.67. The minimum absolute atomic E-state index is 0.000650. The molecule has 4 fully saturated rings. The van der Waals surface area contributed by atoms with Crippen LogP contribution in [-0.4, -0.2) is 61.1 Å². The summed E-state index contributed by atoms with van der Waals surface area (Å²) in [5, 5.41) is 0. The van der Waals surface area contributed by atoms with Crippen molar-refractivity contribution >= 4 is 26.2 Å². The summed E-state index contributed by atoms with van der Waals surface area (Å²) in [6.07, 6.45) is 33.0. The predicted octanol–water partition coefficient (Wildman–Crippen LogP) is 10.6. The molecule has 4 aliphatic carbocycles. The highest BCUT2D eigenvalue weighted by atomic mass is 35.6. The van der Waals surface area contributed by atoms with Gasteiger partial charge in [-0.05, 0) is 92.9 Å². The molecule has 236 valence electrons. The monoisotopic (exact) mass is 622 g/mol. The molecule has 0 aromatic carbocycles. The van der Waals surface area contributed by atoms with Crippen LogP contribution in [0.2, 0.25) is 0 Å². The van der Waals surface area contributed by atoms with Crippen LogP contribution in [0.5, 0.6) is 0 Å². The van der Waals surface area contributed by atoms with E-state index in [1.54, 1.807) is 0 Å². The molecule has 0 radical (unpaired) electrons. The Kier molecular flexibility index (Phi) is 10.9. The molecule has 0 aromatic rings. The summed E-state index contributed by atoms with van der Waals surface area (Å²) in [7, 11) is -3.47. The van der Waals surface area contributed by atoms with Gasteiger partial charge in [0.1, 0.15) is 0 Å². The second kappa shape index (κ2) is 13.7. The smallest absolute Gasteiger partial charge is 0.364 e. The second-order valence-corrected chi connectivity index (χ2v) is 25.2. The van der Waals surface area contributed by atoms with Gasteiger partial charge in [0.25, 0.3) is 0 Å². The zero-order chi connectivity index (χ0) is 29.3. The second-order valence-electron chi connectivity index (χ2n) is 16.2. The van der Waals surface area contributed by atoms with E-state index in [-0.39, 0.29) is 11.1 Å². The minimum atomic E-state index is -2.76. The number of hydrogen-bond donors (Lipinski definition) is 0. The van der Waals surface area contributed by atoms with E-state index < -0.39 is 15.1 Å². The largest absolute Gasteiger partial charge is 0.423 e. The quantitative estimate of drug-likeness (QED) is 0.159. The summed E-state index contributed by atoms with van der Waals surface area (Å²) in [5.74, 6) is 0. The zero-order valence-corrected chi connectivity index (χ0v) is 30.4. The van der Waals surface area contributed by atoms with Crippen LogP contribution in [0.25, 0.3) is 0 Å². The lowest BCUT2D eigenvalue weighted by Crippen LogP contribution is -2.68. The van der Waals surface area contributed by atoms with Crippen molar-refractivity contribution in [2.75, 3.05) is 0 Å². The molecule has 0 spiro atoms. The van der Waals surface area contributed by atoms with Gasteiger partial charge in [0.05, 0.1) is 7.77 Å². The van der Waals surface area contributed by atoms with Crippen molar-refractivity contribution in [2.24, 2.45) is 0 Å². The molecule has 7 heteroatoms. The molecule has 0 aromatic heterocycles. The molecule has 0 bridgehead atoms. The lowest BCUT2D eigenvalue weighted by molar-refractivity contribution is 0.133. The lowest BCUT2D eigenvalue weighted by atomic mass is 9.91. The van der Waals surface area contributed by atoms with E-state index in [0.29, 0.717) is 24.2 Å². The van der Waals surface area contributed by atoms with Gasteiger partial charge in [0.2, 0.25) is 0 Å². The zero-order valence-electron chi connectivity index (χ0n) is 27.7. The standard InChI is InChI=1S/C34H64ClN4PSi/c1-33(2,3)36-27-28-37(34(4,5)6)41(36,35)40(38(29-19-11-7-12-20-29)30-21-13-8-14-22-30)39(31-23-15-9-16-24-31)32-25-17-10-18-26-32/h27-32H,7-26H2,1-6H3. The van der Waals surface area contributed by atoms with E-state index in [2.05, 4.69) is 72.4 Å². The Balaban J connectivity index is 1.72. The average molecular weight is 623 g/mol. The van der Waals surface area contributed by atoms with Gasteiger partial charge in [-0.1, -0.05) is 77.0 Å². The lowest BCUT2D eigenvalue weighted by Gasteiger charge is -2.61. The first-order valence-electron chi connectivity index (χ1n) is 17.9. The Morgan fingerprint density at radius 3 is 0.976 bits per heavy atom. The fraction of sp³-hybridized carbons (Fsp3) is 0.941. The average Bonchev–Trinajstić information content (AvgIpc) is 3.34. The van der Waals surface area contributed by atoms with Gasteiger partial charge in [-0.3, -0.25) is 9.34 Å². The predicted molar refractivity (Wildman–Crippen MR) is 182 cm³/mol. The fourth-order valence-corrected chi connectivity index (χ4v) is 25.3. The highest BCUT2D eigenvalue weighted by molar-refractivity contribution is 7.98. The summed E-state index contributed by atoms with van der Waals surface area (Å²) in [6.45, 7) is 14.6. The van der Waals surface area contributed by atoms with Crippen molar-refractivity contribution in [3.63, 3.8) is 0 Å². The number of halogens is 1. The maximum absolute atomic E-state index is 8.78. The molecular weight excluding hydrogens is 559 g/mol. The molecule has 4 saturated carbocycles. The van der Waals surface area contributed by atoms with E-state index in [1.807, 2.05) is 0 Å². The van der Waals surface area contributed by atoms with Crippen molar-refractivity contribution in [1.82, 2.24) is 18.5 Å². The topological polar surface area (TPSA) is 13.0 Å². The summed E-state index contributed by atoms with van der Waals surface area (Å²) >= 11 is 8.78. The molecule has 1 aliphatic heterocycles. The molecular formula is C34H64ClN4PSi. The van der Waals surface area contributed by atoms with Crippen LogP contribution in [0.3, 0.4) is 0 Å². The Morgan fingerprint density at radius 2 is 0.756 bits per heavy atom. The summed E-state index contributed by atoms with van der Waals surface area (Å²) in [4.78, 5) is 0. The molecule has 0 atom stereocenters. The van der Waals surface area contributed by atoms with E-state index in [9.17, 15) is 0 Å². The molecule has 0 unspecified atom stereocenters. The van der Waals surface area contributed by atoms with Crippen LogP contribution in [0.15, 0.2) is 12.4 Å². The molecule has 4 nitrogen and oxygen atoms in total. The number of hydrogen-bond acceptors (Lipinski definition) is 4. The molecule has 5 rings (SSSR count). The van der Waals surface area contributed by atoms with Crippen LogP contribution in [-0.2, 0) is 0 Å². The van der Waals surface area contributed by atoms with E-state index in [0.717, 1.165) is 0 Å². The Morgan fingerprint density at radius 1 is 0.512 bits per heavy atom. The van der Waals surface area contributed by atoms with Crippen molar-refractivity contribution in [3.05, 3.63) is 12.4 Å². The third-order valence-electron chi connectivity index (χ3n) is 10.9.